The van der Waals surface area contributed by atoms with E-state index in [0.29, 0.717) is 0 Å². The molecule has 10 heteroatoms. The SMILES string of the molecule is COc1cc(OC)cc(C(=O)Nn2c(C(F)(F)F)nc3ccccc3c2=O)c1. The maximum absolute atomic E-state index is 13.4. The highest BCUT2D eigenvalue weighted by Crippen LogP contribution is 2.28. The van der Waals surface area contributed by atoms with E-state index in [-0.39, 0.29) is 32.6 Å². The van der Waals surface area contributed by atoms with Crippen LogP contribution >= 0.6 is 0 Å². The molecule has 7 nitrogen and oxygen atoms in total. The number of ether oxygens (including phenoxy) is 2. The number of rotatable bonds is 4. The summed E-state index contributed by atoms with van der Waals surface area (Å²) < 4.78 is 50.5. The Morgan fingerprint density at radius 2 is 1.68 bits per heavy atom. The fourth-order valence-corrected chi connectivity index (χ4v) is 2.53. The number of benzene rings is 2. The number of para-hydroxylation sites is 1. The molecule has 0 bridgehead atoms. The minimum Gasteiger partial charge on any atom is -0.497 e. The largest absolute Gasteiger partial charge is 0.497 e. The number of hydrogen-bond donors (Lipinski definition) is 1. The fraction of sp³-hybridized carbons (Fsp3) is 0.167. The van der Waals surface area contributed by atoms with Gasteiger partial charge in [0.15, 0.2) is 0 Å². The van der Waals surface area contributed by atoms with E-state index in [4.69, 9.17) is 9.47 Å². The van der Waals surface area contributed by atoms with Gasteiger partial charge in [-0.3, -0.25) is 15.0 Å². The molecule has 3 rings (SSSR count). The number of carbonyl (C=O) groups is 1. The second kappa shape index (κ2) is 7.22. The number of methoxy groups -OCH3 is 2. The van der Waals surface area contributed by atoms with E-state index >= 15 is 0 Å². The number of carbonyl (C=O) groups excluding carboxylic acids is 1. The fourth-order valence-electron chi connectivity index (χ4n) is 2.53. The highest BCUT2D eigenvalue weighted by Gasteiger charge is 2.38. The number of aromatic nitrogens is 2. The zero-order valence-electron chi connectivity index (χ0n) is 14.7. The average molecular weight is 393 g/mol. The van der Waals surface area contributed by atoms with Gasteiger partial charge in [0.1, 0.15) is 11.5 Å². The molecule has 1 N–H and O–H groups in total. The van der Waals surface area contributed by atoms with Crippen molar-refractivity contribution in [1.29, 1.82) is 0 Å². The van der Waals surface area contributed by atoms with Crippen LogP contribution in [0, 0.1) is 0 Å². The molecule has 3 aromatic rings. The van der Waals surface area contributed by atoms with E-state index in [9.17, 15) is 22.8 Å². The van der Waals surface area contributed by atoms with Crippen molar-refractivity contribution < 1.29 is 27.4 Å². The summed E-state index contributed by atoms with van der Waals surface area (Å²) in [6.45, 7) is 0. The molecule has 0 aliphatic rings. The Kier molecular flexibility index (Phi) is 4.95. The summed E-state index contributed by atoms with van der Waals surface area (Å²) in [5.41, 5.74) is 0.717. The van der Waals surface area contributed by atoms with Crippen molar-refractivity contribution in [2.24, 2.45) is 0 Å². The molecule has 0 radical (unpaired) electrons. The summed E-state index contributed by atoms with van der Waals surface area (Å²) in [5, 5.41) is -0.0703. The molecule has 1 aromatic heterocycles. The summed E-state index contributed by atoms with van der Waals surface area (Å²) in [4.78, 5) is 28.6. The summed E-state index contributed by atoms with van der Waals surface area (Å²) in [7, 11) is 2.71. The third kappa shape index (κ3) is 3.61. The quantitative estimate of drug-likeness (QED) is 0.737. The van der Waals surface area contributed by atoms with Crippen LogP contribution < -0.4 is 20.5 Å². The Morgan fingerprint density at radius 1 is 1.07 bits per heavy atom. The van der Waals surface area contributed by atoms with Gasteiger partial charge in [-0.15, -0.1) is 0 Å². The van der Waals surface area contributed by atoms with Crippen LogP contribution in [0.5, 0.6) is 11.5 Å². The van der Waals surface area contributed by atoms with Gasteiger partial charge in [-0.05, 0) is 24.3 Å². The minimum atomic E-state index is -4.97. The van der Waals surface area contributed by atoms with E-state index in [1.54, 1.807) is 0 Å². The maximum atomic E-state index is 13.4. The Labute approximate surface area is 156 Å². The summed E-state index contributed by atoms with van der Waals surface area (Å²) in [6, 6.07) is 9.63. The van der Waals surface area contributed by atoms with Gasteiger partial charge < -0.3 is 9.47 Å². The van der Waals surface area contributed by atoms with Gasteiger partial charge in [0.05, 0.1) is 25.1 Å². The van der Waals surface area contributed by atoms with Crippen LogP contribution in [0.4, 0.5) is 13.2 Å². The van der Waals surface area contributed by atoms with Gasteiger partial charge in [0.25, 0.3) is 11.5 Å². The number of amides is 1. The zero-order chi connectivity index (χ0) is 20.5. The number of nitrogens with zero attached hydrogens (tertiary/aromatic N) is 2. The van der Waals surface area contributed by atoms with E-state index < -0.39 is 23.5 Å². The molecule has 0 atom stereocenters. The van der Waals surface area contributed by atoms with Crippen LogP contribution in [0.2, 0.25) is 0 Å². The standard InChI is InChI=1S/C18H14F3N3O4/c1-27-11-7-10(8-12(9-11)28-2)15(25)23-24-16(26)13-5-3-4-6-14(13)22-17(24)18(19,20)21/h3-9H,1-2H3,(H,23,25). The molecule has 0 unspecified atom stereocenters. The van der Waals surface area contributed by atoms with Crippen LogP contribution in [0.25, 0.3) is 10.9 Å². The molecular weight excluding hydrogens is 379 g/mol. The molecule has 146 valence electrons. The number of fused-ring (bicyclic) bond motifs is 1. The lowest BCUT2D eigenvalue weighted by molar-refractivity contribution is -0.147. The van der Waals surface area contributed by atoms with E-state index in [2.05, 4.69) is 4.98 Å². The first-order valence-electron chi connectivity index (χ1n) is 7.88. The predicted molar refractivity (Wildman–Crippen MR) is 94.2 cm³/mol. The highest BCUT2D eigenvalue weighted by atomic mass is 19.4. The summed E-state index contributed by atoms with van der Waals surface area (Å²) in [5.74, 6) is -2.00. The second-order valence-electron chi connectivity index (χ2n) is 5.63. The van der Waals surface area contributed by atoms with Crippen LogP contribution in [0.15, 0.2) is 47.3 Å². The molecule has 1 amide bonds. The number of nitrogens with one attached hydrogen (secondary N) is 1. The van der Waals surface area contributed by atoms with Crippen LogP contribution in [0.1, 0.15) is 16.2 Å². The summed E-state index contributed by atoms with van der Waals surface area (Å²) >= 11 is 0. The number of hydrogen-bond acceptors (Lipinski definition) is 5. The van der Waals surface area contributed by atoms with Crippen molar-refractivity contribution in [2.45, 2.75) is 6.18 Å². The minimum absolute atomic E-state index is 0.0654. The van der Waals surface area contributed by atoms with Crippen molar-refractivity contribution in [3.8, 4) is 11.5 Å². The molecular formula is C18H14F3N3O4. The highest BCUT2D eigenvalue weighted by molar-refractivity contribution is 6.00. The zero-order valence-corrected chi connectivity index (χ0v) is 14.7. The van der Waals surface area contributed by atoms with Crippen LogP contribution in [0.3, 0.4) is 0 Å². The Hall–Kier alpha value is -3.56. The topological polar surface area (TPSA) is 82.4 Å². The molecule has 0 aliphatic heterocycles. The molecule has 0 spiro atoms. The monoisotopic (exact) mass is 393 g/mol. The second-order valence-corrected chi connectivity index (χ2v) is 5.63. The normalized spacial score (nSPS) is 11.3. The van der Waals surface area contributed by atoms with Crippen molar-refractivity contribution in [1.82, 2.24) is 9.66 Å². The first kappa shape index (κ1) is 19.2. The molecule has 0 saturated heterocycles. The van der Waals surface area contributed by atoms with E-state index in [1.165, 1.54) is 56.7 Å². The van der Waals surface area contributed by atoms with Gasteiger partial charge >= 0.3 is 6.18 Å². The van der Waals surface area contributed by atoms with Crippen molar-refractivity contribution in [2.75, 3.05) is 19.6 Å². The van der Waals surface area contributed by atoms with Gasteiger partial charge in [-0.25, -0.2) is 4.98 Å². The molecule has 1 heterocycles. The van der Waals surface area contributed by atoms with Crippen molar-refractivity contribution in [3.63, 3.8) is 0 Å². The predicted octanol–water partition coefficient (Wildman–Crippen LogP) is 2.82. The van der Waals surface area contributed by atoms with Gasteiger partial charge in [0, 0.05) is 11.6 Å². The van der Waals surface area contributed by atoms with Crippen LogP contribution in [-0.2, 0) is 6.18 Å². The van der Waals surface area contributed by atoms with Crippen molar-refractivity contribution >= 4 is 16.8 Å². The molecule has 2 aromatic carbocycles. The Balaban J connectivity index is 2.13. The van der Waals surface area contributed by atoms with Gasteiger partial charge in [-0.2, -0.15) is 17.8 Å². The lowest BCUT2D eigenvalue weighted by Crippen LogP contribution is -2.39. The number of alkyl halides is 3. The smallest absolute Gasteiger partial charge is 0.451 e. The lowest BCUT2D eigenvalue weighted by Gasteiger charge is -2.16. The first-order valence-corrected chi connectivity index (χ1v) is 7.88. The summed E-state index contributed by atoms with van der Waals surface area (Å²) in [6.07, 6.45) is -4.97. The van der Waals surface area contributed by atoms with Crippen LogP contribution in [-0.4, -0.2) is 29.8 Å². The Morgan fingerprint density at radius 3 is 2.25 bits per heavy atom. The molecule has 0 aliphatic carbocycles. The molecule has 0 fully saturated rings. The molecule has 28 heavy (non-hydrogen) atoms. The van der Waals surface area contributed by atoms with Crippen molar-refractivity contribution in [3.05, 3.63) is 64.2 Å². The van der Waals surface area contributed by atoms with Gasteiger partial charge in [0.2, 0.25) is 5.82 Å². The van der Waals surface area contributed by atoms with Gasteiger partial charge in [-0.1, -0.05) is 12.1 Å². The van der Waals surface area contributed by atoms with E-state index in [0.717, 1.165) is 0 Å². The third-order valence-corrected chi connectivity index (χ3v) is 3.86. The third-order valence-electron chi connectivity index (χ3n) is 3.86. The molecule has 0 saturated carbocycles. The Bertz CT molecular complexity index is 1090. The first-order chi connectivity index (χ1) is 13.2. The average Bonchev–Trinajstić information content (AvgIpc) is 2.68. The lowest BCUT2D eigenvalue weighted by atomic mass is 10.2. The van der Waals surface area contributed by atoms with E-state index in [1.807, 2.05) is 5.43 Å². The number of halogens is 3. The maximum Gasteiger partial charge on any atom is 0.451 e.